The zero-order chi connectivity index (χ0) is 16.2. The van der Waals surface area contributed by atoms with Crippen LogP contribution in [0.4, 0.5) is 13.2 Å². The maximum Gasteiger partial charge on any atom is 0.416 e. The highest BCUT2D eigenvalue weighted by Gasteiger charge is 2.31. The summed E-state index contributed by atoms with van der Waals surface area (Å²) in [6.07, 6.45) is -3.01. The molecule has 0 aliphatic carbocycles. The Balaban J connectivity index is 2.25. The average molecular weight is 316 g/mol. The van der Waals surface area contributed by atoms with E-state index < -0.39 is 17.4 Å². The molecule has 0 N–H and O–H groups in total. The molecule has 22 heavy (non-hydrogen) atoms. The fraction of sp³-hybridized carbons (Fsp3) is 0.400. The van der Waals surface area contributed by atoms with Gasteiger partial charge in [0.05, 0.1) is 23.6 Å². The van der Waals surface area contributed by atoms with Crippen LogP contribution in [0.5, 0.6) is 5.75 Å². The fourth-order valence-corrected chi connectivity index (χ4v) is 1.96. The molecule has 0 unspecified atom stereocenters. The Morgan fingerprint density at radius 1 is 1.14 bits per heavy atom. The van der Waals surface area contributed by atoms with E-state index in [0.717, 1.165) is 24.6 Å². The van der Waals surface area contributed by atoms with Crippen LogP contribution in [0.2, 0.25) is 0 Å². The fourth-order valence-electron chi connectivity index (χ4n) is 1.96. The lowest BCUT2D eigenvalue weighted by atomic mass is 10.1. The molecule has 0 radical (unpaired) electrons. The number of alkyl halides is 3. The number of hydrogen-bond acceptors (Lipinski definition) is 4. The van der Waals surface area contributed by atoms with Crippen molar-refractivity contribution in [1.29, 1.82) is 0 Å². The standard InChI is InChI=1S/C15H15F3O4/c1-20-6-2-3-7-21-12-9-14(19)22-13-8-10(15(16,17)18)4-5-11(12)13/h4-5,8-9H,2-3,6-7H2,1H3. The lowest BCUT2D eigenvalue weighted by Gasteiger charge is -2.10. The summed E-state index contributed by atoms with van der Waals surface area (Å²) in [5.41, 5.74) is -1.77. The van der Waals surface area contributed by atoms with Crippen molar-refractivity contribution in [2.75, 3.05) is 20.3 Å². The molecule has 0 aliphatic rings. The van der Waals surface area contributed by atoms with E-state index in [1.165, 1.54) is 6.07 Å². The van der Waals surface area contributed by atoms with Gasteiger partial charge in [-0.3, -0.25) is 0 Å². The van der Waals surface area contributed by atoms with Crippen molar-refractivity contribution in [3.63, 3.8) is 0 Å². The summed E-state index contributed by atoms with van der Waals surface area (Å²) in [5.74, 6) is 0.220. The van der Waals surface area contributed by atoms with E-state index >= 15 is 0 Å². The van der Waals surface area contributed by atoms with Crippen LogP contribution in [-0.4, -0.2) is 20.3 Å². The van der Waals surface area contributed by atoms with Gasteiger partial charge in [0.2, 0.25) is 0 Å². The van der Waals surface area contributed by atoms with Gasteiger partial charge in [0.15, 0.2) is 0 Å². The molecule has 7 heteroatoms. The Labute approximate surface area is 124 Å². The summed E-state index contributed by atoms with van der Waals surface area (Å²) in [4.78, 5) is 11.5. The minimum atomic E-state index is -4.50. The maximum absolute atomic E-state index is 12.7. The van der Waals surface area contributed by atoms with Gasteiger partial charge in [-0.25, -0.2) is 4.79 Å². The smallest absolute Gasteiger partial charge is 0.416 e. The first kappa shape index (κ1) is 16.4. The van der Waals surface area contributed by atoms with E-state index in [1.54, 1.807) is 7.11 Å². The van der Waals surface area contributed by atoms with Gasteiger partial charge in [-0.05, 0) is 31.0 Å². The van der Waals surface area contributed by atoms with E-state index in [-0.39, 0.29) is 11.3 Å². The molecule has 2 aromatic rings. The molecule has 1 aromatic carbocycles. The first-order valence-corrected chi connectivity index (χ1v) is 6.68. The molecule has 120 valence electrons. The number of unbranched alkanes of at least 4 members (excludes halogenated alkanes) is 1. The molecule has 1 heterocycles. The van der Waals surface area contributed by atoms with E-state index in [0.29, 0.717) is 25.0 Å². The third kappa shape index (κ3) is 4.00. The van der Waals surface area contributed by atoms with Crippen LogP contribution in [0, 0.1) is 0 Å². The van der Waals surface area contributed by atoms with Crippen molar-refractivity contribution < 1.29 is 27.1 Å². The molecular formula is C15H15F3O4. The van der Waals surface area contributed by atoms with Crippen LogP contribution in [0.25, 0.3) is 11.0 Å². The number of rotatable bonds is 6. The third-order valence-electron chi connectivity index (χ3n) is 3.03. The lowest BCUT2D eigenvalue weighted by Crippen LogP contribution is -2.07. The Morgan fingerprint density at radius 2 is 1.86 bits per heavy atom. The van der Waals surface area contributed by atoms with Gasteiger partial charge < -0.3 is 13.9 Å². The Hall–Kier alpha value is -2.02. The van der Waals surface area contributed by atoms with Crippen molar-refractivity contribution in [1.82, 2.24) is 0 Å². The molecule has 0 amide bonds. The maximum atomic E-state index is 12.7. The Bertz CT molecular complexity index is 691. The zero-order valence-corrected chi connectivity index (χ0v) is 11.9. The topological polar surface area (TPSA) is 48.7 Å². The molecule has 0 fully saturated rings. The minimum Gasteiger partial charge on any atom is -0.493 e. The second-order valence-corrected chi connectivity index (χ2v) is 4.69. The van der Waals surface area contributed by atoms with E-state index in [2.05, 4.69) is 0 Å². The molecule has 0 atom stereocenters. The summed E-state index contributed by atoms with van der Waals surface area (Å²) in [6.45, 7) is 0.929. The van der Waals surface area contributed by atoms with Gasteiger partial charge in [0.1, 0.15) is 11.3 Å². The molecule has 1 aromatic heterocycles. The molecule has 0 bridgehead atoms. The monoisotopic (exact) mass is 316 g/mol. The summed E-state index contributed by atoms with van der Waals surface area (Å²) < 4.78 is 53.2. The predicted octanol–water partition coefficient (Wildman–Crippen LogP) is 3.62. The van der Waals surface area contributed by atoms with Gasteiger partial charge in [-0.1, -0.05) is 0 Å². The number of hydrogen-bond donors (Lipinski definition) is 0. The first-order valence-electron chi connectivity index (χ1n) is 6.68. The second kappa shape index (κ2) is 6.83. The summed E-state index contributed by atoms with van der Waals surface area (Å²) in [7, 11) is 1.59. The molecule has 0 saturated carbocycles. The Morgan fingerprint density at radius 3 is 2.55 bits per heavy atom. The van der Waals surface area contributed by atoms with Crippen LogP contribution in [0.15, 0.2) is 33.5 Å². The molecule has 2 rings (SSSR count). The molecule has 0 spiro atoms. The van der Waals surface area contributed by atoms with Crippen LogP contribution < -0.4 is 10.4 Å². The molecule has 0 aliphatic heterocycles. The van der Waals surface area contributed by atoms with Crippen molar-refractivity contribution in [2.45, 2.75) is 19.0 Å². The highest BCUT2D eigenvalue weighted by atomic mass is 19.4. The summed E-state index contributed by atoms with van der Waals surface area (Å²) >= 11 is 0. The number of methoxy groups -OCH3 is 1. The van der Waals surface area contributed by atoms with E-state index in [9.17, 15) is 18.0 Å². The SMILES string of the molecule is COCCCCOc1cc(=O)oc2cc(C(F)(F)F)ccc12. The number of fused-ring (bicyclic) bond motifs is 1. The molecular weight excluding hydrogens is 301 g/mol. The molecule has 4 nitrogen and oxygen atoms in total. The van der Waals surface area contributed by atoms with Crippen LogP contribution in [-0.2, 0) is 10.9 Å². The minimum absolute atomic E-state index is 0.144. The van der Waals surface area contributed by atoms with Crippen molar-refractivity contribution in [3.8, 4) is 5.75 Å². The van der Waals surface area contributed by atoms with Gasteiger partial charge in [0, 0.05) is 13.7 Å². The van der Waals surface area contributed by atoms with Gasteiger partial charge >= 0.3 is 11.8 Å². The lowest BCUT2D eigenvalue weighted by molar-refractivity contribution is -0.137. The number of halogens is 3. The van der Waals surface area contributed by atoms with E-state index in [4.69, 9.17) is 13.9 Å². The third-order valence-corrected chi connectivity index (χ3v) is 3.03. The van der Waals surface area contributed by atoms with Crippen molar-refractivity contribution >= 4 is 11.0 Å². The van der Waals surface area contributed by atoms with Gasteiger partial charge in [-0.2, -0.15) is 13.2 Å². The van der Waals surface area contributed by atoms with E-state index in [1.807, 2.05) is 0 Å². The van der Waals surface area contributed by atoms with Gasteiger partial charge in [0.25, 0.3) is 0 Å². The largest absolute Gasteiger partial charge is 0.493 e. The van der Waals surface area contributed by atoms with Crippen LogP contribution >= 0.6 is 0 Å². The summed E-state index contributed by atoms with van der Waals surface area (Å²) in [6, 6.07) is 4.10. The van der Waals surface area contributed by atoms with Crippen LogP contribution in [0.1, 0.15) is 18.4 Å². The number of benzene rings is 1. The molecule has 0 saturated heterocycles. The van der Waals surface area contributed by atoms with Gasteiger partial charge in [-0.15, -0.1) is 0 Å². The highest BCUT2D eigenvalue weighted by molar-refractivity contribution is 5.83. The first-order chi connectivity index (χ1) is 10.4. The summed E-state index contributed by atoms with van der Waals surface area (Å²) in [5, 5.41) is 0.333. The predicted molar refractivity (Wildman–Crippen MR) is 74.1 cm³/mol. The zero-order valence-electron chi connectivity index (χ0n) is 11.9. The quantitative estimate of drug-likeness (QED) is 0.603. The van der Waals surface area contributed by atoms with Crippen molar-refractivity contribution in [2.24, 2.45) is 0 Å². The number of ether oxygens (including phenoxy) is 2. The highest BCUT2D eigenvalue weighted by Crippen LogP contribution is 2.33. The van der Waals surface area contributed by atoms with Crippen LogP contribution in [0.3, 0.4) is 0 Å². The normalized spacial score (nSPS) is 11.8. The average Bonchev–Trinajstić information content (AvgIpc) is 2.45. The Kier molecular flexibility index (Phi) is 5.07. The second-order valence-electron chi connectivity index (χ2n) is 4.69. The van der Waals surface area contributed by atoms with Crippen molar-refractivity contribution in [3.05, 3.63) is 40.2 Å².